The standard InChI is InChI=1S/C19H14Cl2N2O/c1-2-18(19(24)15-9-8-14(20)10-16(15)21)23-11-17(22-12-23)13-6-4-3-5-7-13/h2-12H,1H3. The van der Waals surface area contributed by atoms with E-state index in [0.717, 1.165) is 11.3 Å². The van der Waals surface area contributed by atoms with E-state index in [1.807, 2.05) is 36.5 Å². The minimum absolute atomic E-state index is 0.184. The molecule has 0 atom stereocenters. The van der Waals surface area contributed by atoms with Crippen LogP contribution in [0.4, 0.5) is 0 Å². The maximum absolute atomic E-state index is 12.8. The van der Waals surface area contributed by atoms with Gasteiger partial charge in [-0.1, -0.05) is 59.6 Å². The van der Waals surface area contributed by atoms with Crippen molar-refractivity contribution in [3.05, 3.63) is 82.7 Å². The number of Topliss-reactive ketones (excluding diaryl/α,β-unsaturated/α-hetero) is 1. The third-order valence-corrected chi connectivity index (χ3v) is 4.16. The number of carbonyl (C=O) groups is 1. The first-order chi connectivity index (χ1) is 11.6. The van der Waals surface area contributed by atoms with Gasteiger partial charge in [-0.2, -0.15) is 0 Å². The monoisotopic (exact) mass is 356 g/mol. The highest BCUT2D eigenvalue weighted by atomic mass is 35.5. The van der Waals surface area contributed by atoms with Crippen LogP contribution in [-0.4, -0.2) is 15.3 Å². The van der Waals surface area contributed by atoms with E-state index in [2.05, 4.69) is 4.98 Å². The lowest BCUT2D eigenvalue weighted by Crippen LogP contribution is -2.08. The predicted molar refractivity (Wildman–Crippen MR) is 98.4 cm³/mol. The highest BCUT2D eigenvalue weighted by Gasteiger charge is 2.17. The van der Waals surface area contributed by atoms with E-state index in [0.29, 0.717) is 21.3 Å². The summed E-state index contributed by atoms with van der Waals surface area (Å²) in [4.78, 5) is 17.2. The molecule has 120 valence electrons. The van der Waals surface area contributed by atoms with Gasteiger partial charge >= 0.3 is 0 Å². The molecular formula is C19H14Cl2N2O. The first-order valence-electron chi connectivity index (χ1n) is 7.36. The second-order valence-corrected chi connectivity index (χ2v) is 6.00. The summed E-state index contributed by atoms with van der Waals surface area (Å²) in [6.07, 6.45) is 5.19. The van der Waals surface area contributed by atoms with Crippen LogP contribution in [0.2, 0.25) is 10.0 Å². The number of halogens is 2. The Morgan fingerprint density at radius 1 is 1.12 bits per heavy atom. The van der Waals surface area contributed by atoms with Gasteiger partial charge in [0.1, 0.15) is 6.33 Å². The molecule has 0 saturated carbocycles. The number of rotatable bonds is 4. The van der Waals surface area contributed by atoms with Gasteiger partial charge in [0, 0.05) is 22.3 Å². The number of benzene rings is 2. The Morgan fingerprint density at radius 3 is 2.54 bits per heavy atom. The largest absolute Gasteiger partial charge is 0.302 e. The molecule has 24 heavy (non-hydrogen) atoms. The van der Waals surface area contributed by atoms with Crippen molar-refractivity contribution in [2.45, 2.75) is 6.92 Å². The zero-order chi connectivity index (χ0) is 17.1. The van der Waals surface area contributed by atoms with Crippen molar-refractivity contribution in [2.75, 3.05) is 0 Å². The van der Waals surface area contributed by atoms with Gasteiger partial charge < -0.3 is 4.57 Å². The first-order valence-corrected chi connectivity index (χ1v) is 8.11. The summed E-state index contributed by atoms with van der Waals surface area (Å²) < 4.78 is 1.70. The summed E-state index contributed by atoms with van der Waals surface area (Å²) in [5.41, 5.74) is 2.67. The number of hydrogen-bond donors (Lipinski definition) is 0. The van der Waals surface area contributed by atoms with Crippen LogP contribution in [-0.2, 0) is 0 Å². The van der Waals surface area contributed by atoms with Crippen molar-refractivity contribution < 1.29 is 4.79 Å². The van der Waals surface area contributed by atoms with Crippen molar-refractivity contribution in [3.8, 4) is 11.3 Å². The maximum Gasteiger partial charge on any atom is 0.210 e. The quantitative estimate of drug-likeness (QED) is 0.450. The molecule has 3 aromatic rings. The zero-order valence-corrected chi connectivity index (χ0v) is 14.4. The molecule has 0 N–H and O–H groups in total. The Kier molecular flexibility index (Phi) is 4.84. The summed E-state index contributed by atoms with van der Waals surface area (Å²) in [5, 5.41) is 0.822. The van der Waals surface area contributed by atoms with Gasteiger partial charge in [-0.3, -0.25) is 4.79 Å². The van der Waals surface area contributed by atoms with E-state index in [1.165, 1.54) is 0 Å². The minimum atomic E-state index is -0.184. The molecule has 0 aliphatic carbocycles. The molecule has 3 rings (SSSR count). The summed E-state index contributed by atoms with van der Waals surface area (Å²) in [5.74, 6) is -0.184. The van der Waals surface area contributed by atoms with E-state index in [9.17, 15) is 4.79 Å². The van der Waals surface area contributed by atoms with E-state index in [1.54, 1.807) is 42.1 Å². The van der Waals surface area contributed by atoms with E-state index >= 15 is 0 Å². The fourth-order valence-electron chi connectivity index (χ4n) is 2.42. The third kappa shape index (κ3) is 3.28. The van der Waals surface area contributed by atoms with Crippen LogP contribution in [0.3, 0.4) is 0 Å². The molecule has 0 aliphatic heterocycles. The summed E-state index contributed by atoms with van der Waals surface area (Å²) in [7, 11) is 0. The van der Waals surface area contributed by atoms with Gasteiger partial charge in [-0.25, -0.2) is 4.98 Å². The Balaban J connectivity index is 1.95. The molecule has 5 heteroatoms. The Labute approximate surface area is 150 Å². The minimum Gasteiger partial charge on any atom is -0.302 e. The summed E-state index contributed by atoms with van der Waals surface area (Å²) >= 11 is 12.1. The van der Waals surface area contributed by atoms with Gasteiger partial charge in [-0.15, -0.1) is 0 Å². The Bertz CT molecular complexity index is 914. The lowest BCUT2D eigenvalue weighted by Gasteiger charge is -2.08. The van der Waals surface area contributed by atoms with Gasteiger partial charge in [0.05, 0.1) is 16.4 Å². The van der Waals surface area contributed by atoms with Crippen LogP contribution < -0.4 is 0 Å². The number of allylic oxidation sites excluding steroid dienone is 2. The van der Waals surface area contributed by atoms with Crippen LogP contribution in [0.1, 0.15) is 17.3 Å². The van der Waals surface area contributed by atoms with Crippen LogP contribution in [0, 0.1) is 0 Å². The zero-order valence-electron chi connectivity index (χ0n) is 12.9. The first kappa shape index (κ1) is 16.5. The van der Waals surface area contributed by atoms with Crippen LogP contribution in [0.25, 0.3) is 17.0 Å². The van der Waals surface area contributed by atoms with Crippen LogP contribution >= 0.6 is 23.2 Å². The number of ketones is 1. The molecule has 0 unspecified atom stereocenters. The second kappa shape index (κ2) is 7.04. The molecule has 0 aliphatic rings. The molecule has 0 radical (unpaired) electrons. The van der Waals surface area contributed by atoms with Crippen molar-refractivity contribution in [3.63, 3.8) is 0 Å². The van der Waals surface area contributed by atoms with Gasteiger partial charge in [0.15, 0.2) is 0 Å². The van der Waals surface area contributed by atoms with Gasteiger partial charge in [0.25, 0.3) is 0 Å². The van der Waals surface area contributed by atoms with E-state index in [4.69, 9.17) is 23.2 Å². The van der Waals surface area contributed by atoms with Gasteiger partial charge in [0.2, 0.25) is 5.78 Å². The van der Waals surface area contributed by atoms with Crippen LogP contribution in [0.15, 0.2) is 67.1 Å². The number of carbonyl (C=O) groups excluding carboxylic acids is 1. The van der Waals surface area contributed by atoms with Crippen molar-refractivity contribution in [1.29, 1.82) is 0 Å². The predicted octanol–water partition coefficient (Wildman–Crippen LogP) is 5.60. The lowest BCUT2D eigenvalue weighted by molar-refractivity contribution is 0.105. The van der Waals surface area contributed by atoms with E-state index in [-0.39, 0.29) is 5.78 Å². The SMILES string of the molecule is CC=C(C(=O)c1ccc(Cl)cc1Cl)n1cnc(-c2ccccc2)c1. The lowest BCUT2D eigenvalue weighted by atomic mass is 10.1. The Morgan fingerprint density at radius 2 is 1.88 bits per heavy atom. The average Bonchev–Trinajstić information content (AvgIpc) is 3.06. The van der Waals surface area contributed by atoms with Crippen molar-refractivity contribution in [1.82, 2.24) is 9.55 Å². The molecule has 0 amide bonds. The normalized spacial score (nSPS) is 11.5. The van der Waals surface area contributed by atoms with E-state index < -0.39 is 0 Å². The highest BCUT2D eigenvalue weighted by molar-refractivity contribution is 6.39. The number of imidazole rings is 1. The van der Waals surface area contributed by atoms with Gasteiger partial charge in [-0.05, 0) is 25.1 Å². The summed E-state index contributed by atoms with van der Waals surface area (Å²) in [6, 6.07) is 14.6. The molecular weight excluding hydrogens is 343 g/mol. The molecule has 0 fully saturated rings. The smallest absolute Gasteiger partial charge is 0.210 e. The number of nitrogens with zero attached hydrogens (tertiary/aromatic N) is 2. The second-order valence-electron chi connectivity index (χ2n) is 5.16. The highest BCUT2D eigenvalue weighted by Crippen LogP contribution is 2.26. The maximum atomic E-state index is 12.8. The third-order valence-electron chi connectivity index (χ3n) is 3.61. The molecule has 1 aromatic heterocycles. The summed E-state index contributed by atoms with van der Waals surface area (Å²) in [6.45, 7) is 1.80. The topological polar surface area (TPSA) is 34.9 Å². The fraction of sp³-hybridized carbons (Fsp3) is 0.0526. The molecule has 2 aromatic carbocycles. The molecule has 1 heterocycles. The average molecular weight is 357 g/mol. The van der Waals surface area contributed by atoms with Crippen molar-refractivity contribution in [2.24, 2.45) is 0 Å². The Hall–Kier alpha value is -2.36. The van der Waals surface area contributed by atoms with Crippen molar-refractivity contribution >= 4 is 34.7 Å². The van der Waals surface area contributed by atoms with Crippen LogP contribution in [0.5, 0.6) is 0 Å². The fourth-order valence-corrected chi connectivity index (χ4v) is 2.92. The molecule has 3 nitrogen and oxygen atoms in total. The number of aromatic nitrogens is 2. The molecule has 0 spiro atoms. The molecule has 0 saturated heterocycles. The molecule has 0 bridgehead atoms. The number of hydrogen-bond acceptors (Lipinski definition) is 2.